The number of halogens is 4. The summed E-state index contributed by atoms with van der Waals surface area (Å²) < 4.78 is 70.6. The summed E-state index contributed by atoms with van der Waals surface area (Å²) in [5.41, 5.74) is 1.73. The summed E-state index contributed by atoms with van der Waals surface area (Å²) in [4.78, 5) is 26.5. The lowest BCUT2D eigenvalue weighted by molar-refractivity contribution is 0.0724. The van der Waals surface area contributed by atoms with Crippen LogP contribution in [0.1, 0.15) is 99.5 Å². The maximum Gasteiger partial charge on any atom is 0.343 e. The zero-order chi connectivity index (χ0) is 32.7. The van der Waals surface area contributed by atoms with Gasteiger partial charge in [0.2, 0.25) is 0 Å². The number of hydrogen-bond donors (Lipinski definition) is 0. The van der Waals surface area contributed by atoms with Gasteiger partial charge in [-0.2, -0.15) is 0 Å². The molecule has 1 spiro atoms. The van der Waals surface area contributed by atoms with E-state index >= 15 is 8.78 Å². The van der Waals surface area contributed by atoms with E-state index in [9.17, 15) is 18.4 Å². The van der Waals surface area contributed by atoms with Crippen LogP contribution in [0.3, 0.4) is 0 Å². The minimum Gasteiger partial charge on any atom is -0.423 e. The lowest BCUT2D eigenvalue weighted by atomic mass is 9.76. The molecule has 8 heteroatoms. The molecule has 0 aromatic heterocycles. The van der Waals surface area contributed by atoms with Crippen molar-refractivity contribution in [1.82, 2.24) is 0 Å². The van der Waals surface area contributed by atoms with E-state index < -0.39 is 40.6 Å². The number of carbonyl (C=O) groups is 2. The number of carbonyl (C=O) groups excluding carboxylic acids is 2. The third kappa shape index (κ3) is 5.29. The SMILES string of the molecule is C=Cc1c(F)cc(C(=O)Oc2cccc3c2[C@@]2(CC3)CCc3cccc(OC(=O)c4cc(F)c(C(C)CCC)c(F)c4)c32)cc1F. The molecule has 0 N–H and O–H groups in total. The summed E-state index contributed by atoms with van der Waals surface area (Å²) >= 11 is 0. The lowest BCUT2D eigenvalue weighted by Gasteiger charge is -2.29. The average molecular weight is 629 g/mol. The van der Waals surface area contributed by atoms with Crippen LogP contribution in [0.2, 0.25) is 0 Å². The quantitative estimate of drug-likeness (QED) is 0.111. The number of aryl methyl sites for hydroxylation is 2. The molecule has 0 radical (unpaired) electrons. The molecule has 1 unspecified atom stereocenters. The summed E-state index contributed by atoms with van der Waals surface area (Å²) in [5.74, 6) is -5.13. The number of hydrogen-bond acceptors (Lipinski definition) is 4. The Balaban J connectivity index is 1.35. The Kier molecular flexibility index (Phi) is 8.32. The van der Waals surface area contributed by atoms with Gasteiger partial charge in [-0.05, 0) is 85.5 Å². The average Bonchev–Trinajstić information content (AvgIpc) is 3.59. The molecule has 6 rings (SSSR count). The molecule has 2 atom stereocenters. The number of fused-ring (bicyclic) bond motifs is 4. The molecule has 2 aliphatic rings. The molecule has 0 heterocycles. The van der Waals surface area contributed by atoms with E-state index in [2.05, 4.69) is 6.58 Å². The van der Waals surface area contributed by atoms with Crippen molar-refractivity contribution in [2.24, 2.45) is 0 Å². The van der Waals surface area contributed by atoms with Gasteiger partial charge in [0, 0.05) is 27.7 Å². The highest BCUT2D eigenvalue weighted by Gasteiger charge is 2.49. The van der Waals surface area contributed by atoms with Crippen LogP contribution in [0.25, 0.3) is 6.08 Å². The fourth-order valence-electron chi connectivity index (χ4n) is 7.24. The molecule has 46 heavy (non-hydrogen) atoms. The maximum atomic E-state index is 15.0. The van der Waals surface area contributed by atoms with Gasteiger partial charge in [0.15, 0.2) is 0 Å². The molecule has 4 aromatic rings. The van der Waals surface area contributed by atoms with Gasteiger partial charge >= 0.3 is 11.9 Å². The highest BCUT2D eigenvalue weighted by Crippen LogP contribution is 2.57. The van der Waals surface area contributed by atoms with E-state index in [-0.39, 0.29) is 39.7 Å². The Bertz CT molecular complexity index is 1850. The summed E-state index contributed by atoms with van der Waals surface area (Å²) in [7, 11) is 0. The Hall–Kier alpha value is -4.72. The first-order valence-electron chi connectivity index (χ1n) is 15.4. The maximum absolute atomic E-state index is 15.0. The van der Waals surface area contributed by atoms with Crippen LogP contribution >= 0.6 is 0 Å². The van der Waals surface area contributed by atoms with E-state index in [1.165, 1.54) is 0 Å². The predicted octanol–water partition coefficient (Wildman–Crippen LogP) is 9.41. The van der Waals surface area contributed by atoms with E-state index in [0.29, 0.717) is 32.1 Å². The third-order valence-electron chi connectivity index (χ3n) is 9.28. The van der Waals surface area contributed by atoms with Gasteiger partial charge in [-0.1, -0.05) is 57.2 Å². The van der Waals surface area contributed by atoms with Crippen LogP contribution in [0.5, 0.6) is 11.5 Å². The summed E-state index contributed by atoms with van der Waals surface area (Å²) in [6.07, 6.45) is 4.94. The number of rotatable bonds is 8. The Morgan fingerprint density at radius 1 is 0.804 bits per heavy atom. The van der Waals surface area contributed by atoms with Gasteiger partial charge in [0.25, 0.3) is 0 Å². The molecule has 4 nitrogen and oxygen atoms in total. The molecule has 0 bridgehead atoms. The second-order valence-electron chi connectivity index (χ2n) is 12.0. The highest BCUT2D eigenvalue weighted by molar-refractivity contribution is 5.92. The molecule has 2 aliphatic carbocycles. The Labute approximate surface area is 264 Å². The number of ether oxygens (including phenoxy) is 2. The second kappa shape index (κ2) is 12.2. The minimum atomic E-state index is -0.933. The topological polar surface area (TPSA) is 52.6 Å². The molecule has 0 saturated heterocycles. The van der Waals surface area contributed by atoms with Crippen LogP contribution in [-0.4, -0.2) is 11.9 Å². The van der Waals surface area contributed by atoms with Crippen LogP contribution in [0, 0.1) is 23.3 Å². The fraction of sp³-hybridized carbons (Fsp3) is 0.263. The van der Waals surface area contributed by atoms with Crippen LogP contribution in [0.15, 0.2) is 67.2 Å². The fourth-order valence-corrected chi connectivity index (χ4v) is 7.24. The molecular formula is C38H32F4O4. The van der Waals surface area contributed by atoms with Crippen molar-refractivity contribution in [3.05, 3.63) is 135 Å². The second-order valence-corrected chi connectivity index (χ2v) is 12.0. The van der Waals surface area contributed by atoms with Crippen molar-refractivity contribution in [3.63, 3.8) is 0 Å². The van der Waals surface area contributed by atoms with E-state index in [1.54, 1.807) is 31.2 Å². The lowest BCUT2D eigenvalue weighted by Crippen LogP contribution is -2.25. The zero-order valence-corrected chi connectivity index (χ0v) is 25.5. The van der Waals surface area contributed by atoms with Gasteiger partial charge in [0.05, 0.1) is 11.1 Å². The molecule has 0 saturated carbocycles. The first-order chi connectivity index (χ1) is 22.1. The Morgan fingerprint density at radius 3 is 1.70 bits per heavy atom. The summed E-state index contributed by atoms with van der Waals surface area (Å²) in [5, 5.41) is 0. The molecular weight excluding hydrogens is 596 g/mol. The van der Waals surface area contributed by atoms with Crippen molar-refractivity contribution in [2.45, 2.75) is 63.7 Å². The van der Waals surface area contributed by atoms with E-state index in [1.807, 2.05) is 19.1 Å². The first-order valence-corrected chi connectivity index (χ1v) is 15.4. The van der Waals surface area contributed by atoms with Gasteiger partial charge in [-0.25, -0.2) is 27.2 Å². The van der Waals surface area contributed by atoms with Gasteiger partial charge in [-0.15, -0.1) is 0 Å². The van der Waals surface area contributed by atoms with E-state index in [0.717, 1.165) is 59.0 Å². The van der Waals surface area contributed by atoms with Crippen molar-refractivity contribution in [3.8, 4) is 11.5 Å². The monoisotopic (exact) mass is 628 g/mol. The van der Waals surface area contributed by atoms with Crippen LogP contribution < -0.4 is 9.47 Å². The molecule has 236 valence electrons. The largest absolute Gasteiger partial charge is 0.423 e. The Morgan fingerprint density at radius 2 is 1.26 bits per heavy atom. The molecule has 0 aliphatic heterocycles. The van der Waals surface area contributed by atoms with Crippen LogP contribution in [0.4, 0.5) is 17.6 Å². The van der Waals surface area contributed by atoms with Gasteiger partial charge in [-0.3, -0.25) is 0 Å². The van der Waals surface area contributed by atoms with Crippen molar-refractivity contribution < 1.29 is 36.6 Å². The third-order valence-corrected chi connectivity index (χ3v) is 9.28. The highest BCUT2D eigenvalue weighted by atomic mass is 19.1. The zero-order valence-electron chi connectivity index (χ0n) is 25.5. The molecule has 4 aromatic carbocycles. The predicted molar refractivity (Wildman–Crippen MR) is 166 cm³/mol. The number of esters is 2. The normalized spacial score (nSPS) is 17.0. The smallest absolute Gasteiger partial charge is 0.343 e. The van der Waals surface area contributed by atoms with Crippen molar-refractivity contribution >= 4 is 18.0 Å². The van der Waals surface area contributed by atoms with Crippen molar-refractivity contribution in [1.29, 1.82) is 0 Å². The molecule has 0 fully saturated rings. The van der Waals surface area contributed by atoms with Gasteiger partial charge < -0.3 is 9.47 Å². The van der Waals surface area contributed by atoms with Gasteiger partial charge in [0.1, 0.15) is 34.8 Å². The van der Waals surface area contributed by atoms with Crippen LogP contribution in [-0.2, 0) is 18.3 Å². The summed E-state index contributed by atoms with van der Waals surface area (Å²) in [6, 6.07) is 14.5. The van der Waals surface area contributed by atoms with Crippen molar-refractivity contribution in [2.75, 3.05) is 0 Å². The molecule has 0 amide bonds. The number of benzene rings is 4. The minimum absolute atomic E-state index is 0.0512. The first kappa shape index (κ1) is 31.3. The summed E-state index contributed by atoms with van der Waals surface area (Å²) in [6.45, 7) is 7.08. The standard InChI is InChI=1S/C38H32F4O4/c1-4-8-21(3)33-29(41)19-25(20-30(33)42)37(44)46-32-12-7-10-23-14-16-38(35(23)32)15-13-22-9-6-11-31(34(22)38)45-36(43)24-17-27(39)26(5-2)28(40)18-24/h5-7,9-12,17-21H,2,4,8,13-16H2,1,3H3/t21?,38-/m1/s1. The van der Waals surface area contributed by atoms with E-state index in [4.69, 9.17) is 9.47 Å².